The molecule has 0 amide bonds. The van der Waals surface area contributed by atoms with Gasteiger partial charge in [-0.25, -0.2) is 4.98 Å². The lowest BCUT2D eigenvalue weighted by Crippen LogP contribution is -2.19. The molecule has 0 radical (unpaired) electrons. The van der Waals surface area contributed by atoms with E-state index in [1.807, 2.05) is 6.33 Å². The molecule has 96 valence electrons. The number of hydrogen-bond acceptors (Lipinski definition) is 1. The molecule has 0 aliphatic carbocycles. The fraction of sp³-hybridized carbons (Fsp3) is 0.438. The maximum atomic E-state index is 4.52. The van der Waals surface area contributed by atoms with Crippen LogP contribution in [0.1, 0.15) is 43.2 Å². The van der Waals surface area contributed by atoms with E-state index < -0.39 is 0 Å². The molecule has 0 N–H and O–H groups in total. The Kier molecular flexibility index (Phi) is 3.29. The van der Waals surface area contributed by atoms with Gasteiger partial charge in [-0.3, -0.25) is 0 Å². The van der Waals surface area contributed by atoms with E-state index in [1.165, 1.54) is 16.7 Å². The van der Waals surface area contributed by atoms with Crippen molar-refractivity contribution < 1.29 is 0 Å². The largest absolute Gasteiger partial charge is 0.332 e. The average Bonchev–Trinajstić information content (AvgIpc) is 2.72. The summed E-state index contributed by atoms with van der Waals surface area (Å²) in [5, 5.41) is 0. The quantitative estimate of drug-likeness (QED) is 0.782. The van der Waals surface area contributed by atoms with E-state index in [4.69, 9.17) is 0 Å². The summed E-state index contributed by atoms with van der Waals surface area (Å²) in [5.74, 6) is 0. The SMILES string of the molecule is Cc1cccc(C)c1Cc1cn(C(C)(C)C)cn1. The highest BCUT2D eigenvalue weighted by atomic mass is 15.1. The third-order valence-electron chi connectivity index (χ3n) is 3.41. The molecule has 1 heterocycles. The molecule has 0 spiro atoms. The molecule has 0 unspecified atom stereocenters. The van der Waals surface area contributed by atoms with Crippen molar-refractivity contribution in [2.45, 2.75) is 46.6 Å². The third-order valence-corrected chi connectivity index (χ3v) is 3.41. The van der Waals surface area contributed by atoms with E-state index in [0.717, 1.165) is 12.1 Å². The lowest BCUT2D eigenvalue weighted by Gasteiger charge is -2.19. The van der Waals surface area contributed by atoms with Crippen LogP contribution in [0.4, 0.5) is 0 Å². The highest BCUT2D eigenvalue weighted by Gasteiger charge is 2.14. The van der Waals surface area contributed by atoms with Gasteiger partial charge in [-0.15, -0.1) is 0 Å². The maximum Gasteiger partial charge on any atom is 0.0954 e. The van der Waals surface area contributed by atoms with E-state index in [-0.39, 0.29) is 5.54 Å². The molecular weight excluding hydrogens is 220 g/mol. The van der Waals surface area contributed by atoms with Gasteiger partial charge in [0.15, 0.2) is 0 Å². The molecule has 1 aromatic carbocycles. The number of imidazole rings is 1. The van der Waals surface area contributed by atoms with Crippen LogP contribution in [0.3, 0.4) is 0 Å². The summed E-state index contributed by atoms with van der Waals surface area (Å²) >= 11 is 0. The second-order valence-electron chi connectivity index (χ2n) is 5.99. The van der Waals surface area contributed by atoms with Crippen molar-refractivity contribution in [3.8, 4) is 0 Å². The van der Waals surface area contributed by atoms with Gasteiger partial charge in [-0.2, -0.15) is 0 Å². The van der Waals surface area contributed by atoms with Gasteiger partial charge in [-0.05, 0) is 51.3 Å². The molecule has 0 fully saturated rings. The van der Waals surface area contributed by atoms with E-state index in [0.29, 0.717) is 0 Å². The average molecular weight is 242 g/mol. The van der Waals surface area contributed by atoms with Crippen molar-refractivity contribution in [3.05, 3.63) is 53.1 Å². The summed E-state index contributed by atoms with van der Waals surface area (Å²) in [7, 11) is 0. The third kappa shape index (κ3) is 2.63. The van der Waals surface area contributed by atoms with Crippen LogP contribution in [0.25, 0.3) is 0 Å². The first-order valence-corrected chi connectivity index (χ1v) is 6.46. The van der Waals surface area contributed by atoms with Crippen molar-refractivity contribution >= 4 is 0 Å². The molecule has 0 saturated heterocycles. The van der Waals surface area contributed by atoms with Gasteiger partial charge < -0.3 is 4.57 Å². The van der Waals surface area contributed by atoms with Crippen LogP contribution < -0.4 is 0 Å². The summed E-state index contributed by atoms with van der Waals surface area (Å²) in [6.07, 6.45) is 5.01. The lowest BCUT2D eigenvalue weighted by molar-refractivity contribution is 0.396. The molecule has 0 aliphatic rings. The van der Waals surface area contributed by atoms with Crippen molar-refractivity contribution in [1.29, 1.82) is 0 Å². The van der Waals surface area contributed by atoms with Crippen molar-refractivity contribution in [2.75, 3.05) is 0 Å². The smallest absolute Gasteiger partial charge is 0.0954 e. The Labute approximate surface area is 110 Å². The van der Waals surface area contributed by atoms with Crippen molar-refractivity contribution in [2.24, 2.45) is 0 Å². The number of rotatable bonds is 2. The predicted octanol–water partition coefficient (Wildman–Crippen LogP) is 3.85. The zero-order valence-electron chi connectivity index (χ0n) is 12.0. The van der Waals surface area contributed by atoms with Crippen molar-refractivity contribution in [3.63, 3.8) is 0 Å². The number of aryl methyl sites for hydroxylation is 2. The van der Waals surface area contributed by atoms with Crippen LogP contribution in [0, 0.1) is 13.8 Å². The highest BCUT2D eigenvalue weighted by Crippen LogP contribution is 2.19. The van der Waals surface area contributed by atoms with Gasteiger partial charge in [0, 0.05) is 18.2 Å². The number of nitrogens with zero attached hydrogens (tertiary/aromatic N) is 2. The van der Waals surface area contributed by atoms with Gasteiger partial charge in [0.05, 0.1) is 12.0 Å². The first-order chi connectivity index (χ1) is 8.38. The molecule has 0 atom stereocenters. The maximum absolute atomic E-state index is 4.52. The van der Waals surface area contributed by atoms with Crippen LogP contribution in [-0.2, 0) is 12.0 Å². The zero-order chi connectivity index (χ0) is 13.3. The van der Waals surface area contributed by atoms with Crippen LogP contribution in [0.15, 0.2) is 30.7 Å². The molecule has 18 heavy (non-hydrogen) atoms. The number of hydrogen-bond donors (Lipinski definition) is 0. The lowest BCUT2D eigenvalue weighted by atomic mass is 9.99. The normalized spacial score (nSPS) is 11.8. The molecule has 2 aromatic rings. The number of aromatic nitrogens is 2. The zero-order valence-corrected chi connectivity index (χ0v) is 12.0. The Morgan fingerprint density at radius 3 is 2.22 bits per heavy atom. The molecule has 0 saturated carbocycles. The van der Waals surface area contributed by atoms with Crippen LogP contribution in [0.5, 0.6) is 0 Å². The Balaban J connectivity index is 2.27. The number of benzene rings is 1. The molecule has 1 aromatic heterocycles. The molecule has 0 bridgehead atoms. The topological polar surface area (TPSA) is 17.8 Å². The Hall–Kier alpha value is -1.57. The van der Waals surface area contributed by atoms with Gasteiger partial charge in [-0.1, -0.05) is 18.2 Å². The first-order valence-electron chi connectivity index (χ1n) is 6.46. The Morgan fingerprint density at radius 2 is 1.72 bits per heavy atom. The van der Waals surface area contributed by atoms with E-state index in [9.17, 15) is 0 Å². The van der Waals surface area contributed by atoms with E-state index in [1.54, 1.807) is 0 Å². The van der Waals surface area contributed by atoms with E-state index >= 15 is 0 Å². The fourth-order valence-electron chi connectivity index (χ4n) is 2.13. The molecule has 2 nitrogen and oxygen atoms in total. The fourth-order valence-corrected chi connectivity index (χ4v) is 2.13. The molecule has 2 rings (SSSR count). The second-order valence-corrected chi connectivity index (χ2v) is 5.99. The minimum absolute atomic E-state index is 0.103. The van der Waals surface area contributed by atoms with Gasteiger partial charge in [0.1, 0.15) is 0 Å². The minimum atomic E-state index is 0.103. The van der Waals surface area contributed by atoms with Crippen molar-refractivity contribution in [1.82, 2.24) is 9.55 Å². The highest BCUT2D eigenvalue weighted by molar-refractivity contribution is 5.36. The summed E-state index contributed by atoms with van der Waals surface area (Å²) in [5.41, 5.74) is 5.34. The summed E-state index contributed by atoms with van der Waals surface area (Å²) in [6, 6.07) is 6.45. The second kappa shape index (κ2) is 4.60. The Bertz CT molecular complexity index is 524. The predicted molar refractivity (Wildman–Crippen MR) is 75.9 cm³/mol. The molecular formula is C16H22N2. The summed E-state index contributed by atoms with van der Waals surface area (Å²) in [4.78, 5) is 4.52. The Morgan fingerprint density at radius 1 is 1.11 bits per heavy atom. The van der Waals surface area contributed by atoms with Crippen LogP contribution in [-0.4, -0.2) is 9.55 Å². The van der Waals surface area contributed by atoms with Gasteiger partial charge >= 0.3 is 0 Å². The van der Waals surface area contributed by atoms with Gasteiger partial charge in [0.2, 0.25) is 0 Å². The minimum Gasteiger partial charge on any atom is -0.332 e. The molecule has 0 aliphatic heterocycles. The van der Waals surface area contributed by atoms with Crippen LogP contribution >= 0.6 is 0 Å². The summed E-state index contributed by atoms with van der Waals surface area (Å²) < 4.78 is 2.18. The van der Waals surface area contributed by atoms with E-state index in [2.05, 4.69) is 68.6 Å². The summed E-state index contributed by atoms with van der Waals surface area (Å²) in [6.45, 7) is 10.9. The van der Waals surface area contributed by atoms with Crippen LogP contribution in [0.2, 0.25) is 0 Å². The standard InChI is InChI=1S/C16H22N2/c1-12-7-6-8-13(2)15(12)9-14-10-18(11-17-14)16(3,4)5/h6-8,10-11H,9H2,1-5H3. The monoisotopic (exact) mass is 242 g/mol. The first kappa shape index (κ1) is 12.9. The molecule has 2 heteroatoms. The van der Waals surface area contributed by atoms with Gasteiger partial charge in [0.25, 0.3) is 0 Å².